The molecule has 2 nitrogen and oxygen atoms in total. The van der Waals surface area contributed by atoms with E-state index < -0.39 is 0 Å². The van der Waals surface area contributed by atoms with Gasteiger partial charge in [0, 0.05) is 21.2 Å². The first-order valence-corrected chi connectivity index (χ1v) is 7.35. The van der Waals surface area contributed by atoms with Gasteiger partial charge in [-0.05, 0) is 54.3 Å². The fourth-order valence-electron chi connectivity index (χ4n) is 1.61. The summed E-state index contributed by atoms with van der Waals surface area (Å²) in [7, 11) is 0. The third-order valence-corrected chi connectivity index (χ3v) is 3.68. The molecule has 0 bridgehead atoms. The smallest absolute Gasteiger partial charge is 0.255 e. The molecule has 0 unspecified atom stereocenters. The third kappa shape index (κ3) is 4.01. The van der Waals surface area contributed by atoms with E-state index in [9.17, 15) is 4.79 Å². The molecule has 0 fully saturated rings. The molecule has 0 aromatic heterocycles. The fourth-order valence-corrected chi connectivity index (χ4v) is 2.39. The molecule has 0 saturated heterocycles. The van der Waals surface area contributed by atoms with Crippen molar-refractivity contribution in [2.24, 2.45) is 0 Å². The van der Waals surface area contributed by atoms with Crippen LogP contribution >= 0.6 is 23.4 Å². The van der Waals surface area contributed by atoms with Crippen molar-refractivity contribution in [2.75, 3.05) is 11.1 Å². The highest BCUT2D eigenvalue weighted by atomic mass is 35.5. The molecule has 1 amide bonds. The average molecular weight is 292 g/mol. The van der Waals surface area contributed by atoms with Gasteiger partial charge in [0.25, 0.3) is 5.91 Å². The number of hydrogen-bond donors (Lipinski definition) is 1. The first kappa shape index (κ1) is 14.0. The number of rotatable bonds is 4. The van der Waals surface area contributed by atoms with Crippen molar-refractivity contribution in [3.8, 4) is 0 Å². The van der Waals surface area contributed by atoms with Crippen LogP contribution in [0.4, 0.5) is 5.69 Å². The van der Waals surface area contributed by atoms with E-state index >= 15 is 0 Å². The lowest BCUT2D eigenvalue weighted by Crippen LogP contribution is -2.11. The summed E-state index contributed by atoms with van der Waals surface area (Å²) in [5.74, 6) is 0.906. The maximum absolute atomic E-state index is 12.0. The van der Waals surface area contributed by atoms with E-state index in [0.717, 1.165) is 11.4 Å². The van der Waals surface area contributed by atoms with Crippen molar-refractivity contribution in [3.05, 3.63) is 59.1 Å². The van der Waals surface area contributed by atoms with Gasteiger partial charge in [-0.2, -0.15) is 0 Å². The second kappa shape index (κ2) is 6.64. The normalized spacial score (nSPS) is 10.2. The maximum atomic E-state index is 12.0. The quantitative estimate of drug-likeness (QED) is 0.827. The van der Waals surface area contributed by atoms with Crippen LogP contribution in [0.1, 0.15) is 17.3 Å². The molecule has 0 aliphatic rings. The zero-order valence-electron chi connectivity index (χ0n) is 10.5. The van der Waals surface area contributed by atoms with Gasteiger partial charge in [-0.3, -0.25) is 4.79 Å². The van der Waals surface area contributed by atoms with Gasteiger partial charge in [0.05, 0.1) is 0 Å². The highest BCUT2D eigenvalue weighted by Crippen LogP contribution is 2.20. The van der Waals surface area contributed by atoms with Gasteiger partial charge < -0.3 is 5.32 Å². The summed E-state index contributed by atoms with van der Waals surface area (Å²) in [4.78, 5) is 13.2. The Labute approximate surface area is 122 Å². The number of halogens is 1. The predicted octanol–water partition coefficient (Wildman–Crippen LogP) is 4.70. The van der Waals surface area contributed by atoms with E-state index in [1.165, 1.54) is 4.90 Å². The Balaban J connectivity index is 2.04. The fraction of sp³-hybridized carbons (Fsp3) is 0.133. The molecule has 4 heteroatoms. The topological polar surface area (TPSA) is 29.1 Å². The van der Waals surface area contributed by atoms with Crippen molar-refractivity contribution in [1.82, 2.24) is 0 Å². The van der Waals surface area contributed by atoms with Crippen molar-refractivity contribution in [2.45, 2.75) is 11.8 Å². The molecule has 0 heterocycles. The van der Waals surface area contributed by atoms with Crippen LogP contribution in [0.3, 0.4) is 0 Å². The van der Waals surface area contributed by atoms with Gasteiger partial charge in [-0.15, -0.1) is 11.8 Å². The number of carbonyl (C=O) groups is 1. The summed E-state index contributed by atoms with van der Waals surface area (Å²) in [6.45, 7) is 2.11. The molecule has 0 spiro atoms. The van der Waals surface area contributed by atoms with Gasteiger partial charge >= 0.3 is 0 Å². The first-order valence-electron chi connectivity index (χ1n) is 5.99. The minimum atomic E-state index is -0.132. The van der Waals surface area contributed by atoms with E-state index in [4.69, 9.17) is 11.6 Å². The second-order valence-electron chi connectivity index (χ2n) is 3.92. The Kier molecular flexibility index (Phi) is 4.88. The highest BCUT2D eigenvalue weighted by Gasteiger charge is 2.05. The Hall–Kier alpha value is -1.45. The molecule has 0 atom stereocenters. The molecule has 0 aliphatic carbocycles. The monoisotopic (exact) mass is 291 g/mol. The lowest BCUT2D eigenvalue weighted by atomic mass is 10.2. The van der Waals surface area contributed by atoms with Crippen molar-refractivity contribution in [3.63, 3.8) is 0 Å². The lowest BCUT2D eigenvalue weighted by molar-refractivity contribution is 0.102. The molecular formula is C15H14ClNOS. The van der Waals surface area contributed by atoms with Crippen LogP contribution in [0, 0.1) is 0 Å². The van der Waals surface area contributed by atoms with Crippen LogP contribution in [-0.4, -0.2) is 11.7 Å². The first-order chi connectivity index (χ1) is 9.19. The van der Waals surface area contributed by atoms with Crippen LogP contribution in [0.25, 0.3) is 0 Å². The number of thioether (sulfide) groups is 1. The second-order valence-corrected chi connectivity index (χ2v) is 5.69. The van der Waals surface area contributed by atoms with Crippen molar-refractivity contribution >= 4 is 35.0 Å². The average Bonchev–Trinajstić information content (AvgIpc) is 2.42. The summed E-state index contributed by atoms with van der Waals surface area (Å²) >= 11 is 7.56. The van der Waals surface area contributed by atoms with E-state index in [1.54, 1.807) is 36.0 Å². The summed E-state index contributed by atoms with van der Waals surface area (Å²) in [5.41, 5.74) is 1.39. The minimum Gasteiger partial charge on any atom is -0.322 e. The molecule has 0 saturated carbocycles. The number of carbonyl (C=O) groups excluding carboxylic acids is 1. The number of benzene rings is 2. The molecule has 0 radical (unpaired) electrons. The Morgan fingerprint density at radius 2 is 1.74 bits per heavy atom. The Bertz CT molecular complexity index is 551. The van der Waals surface area contributed by atoms with E-state index in [2.05, 4.69) is 12.2 Å². The van der Waals surface area contributed by atoms with Crippen LogP contribution < -0.4 is 5.32 Å². The van der Waals surface area contributed by atoms with Crippen LogP contribution in [-0.2, 0) is 0 Å². The molecule has 2 rings (SSSR count). The third-order valence-electron chi connectivity index (χ3n) is 2.53. The molecule has 2 aromatic carbocycles. The molecule has 19 heavy (non-hydrogen) atoms. The number of amides is 1. The standard InChI is InChI=1S/C15H14ClNOS/c1-2-19-14-9-7-13(8-10-14)17-15(18)11-3-5-12(16)6-4-11/h3-10H,2H2,1H3,(H,17,18). The number of anilines is 1. The van der Waals surface area contributed by atoms with Gasteiger partial charge in [0.2, 0.25) is 0 Å². The van der Waals surface area contributed by atoms with Crippen molar-refractivity contribution < 1.29 is 4.79 Å². The zero-order chi connectivity index (χ0) is 13.7. The SMILES string of the molecule is CCSc1ccc(NC(=O)c2ccc(Cl)cc2)cc1. The summed E-state index contributed by atoms with van der Waals surface area (Å²) < 4.78 is 0. The van der Waals surface area contributed by atoms with E-state index in [0.29, 0.717) is 10.6 Å². The zero-order valence-corrected chi connectivity index (χ0v) is 12.1. The van der Waals surface area contributed by atoms with E-state index in [-0.39, 0.29) is 5.91 Å². The van der Waals surface area contributed by atoms with Crippen LogP contribution in [0.15, 0.2) is 53.4 Å². The largest absolute Gasteiger partial charge is 0.322 e. The van der Waals surface area contributed by atoms with Gasteiger partial charge in [0.15, 0.2) is 0 Å². The lowest BCUT2D eigenvalue weighted by Gasteiger charge is -2.06. The predicted molar refractivity (Wildman–Crippen MR) is 82.2 cm³/mol. The van der Waals surface area contributed by atoms with Gasteiger partial charge in [-0.25, -0.2) is 0 Å². The summed E-state index contributed by atoms with van der Waals surface area (Å²) in [6.07, 6.45) is 0. The van der Waals surface area contributed by atoms with Crippen molar-refractivity contribution in [1.29, 1.82) is 0 Å². The Morgan fingerprint density at radius 1 is 1.11 bits per heavy atom. The minimum absolute atomic E-state index is 0.132. The van der Waals surface area contributed by atoms with Crippen LogP contribution in [0.5, 0.6) is 0 Å². The van der Waals surface area contributed by atoms with Gasteiger partial charge in [-0.1, -0.05) is 18.5 Å². The van der Waals surface area contributed by atoms with Crippen LogP contribution in [0.2, 0.25) is 5.02 Å². The van der Waals surface area contributed by atoms with Gasteiger partial charge in [0.1, 0.15) is 0 Å². The highest BCUT2D eigenvalue weighted by molar-refractivity contribution is 7.99. The molecule has 98 valence electrons. The molecule has 2 aromatic rings. The Morgan fingerprint density at radius 3 is 2.32 bits per heavy atom. The molecule has 1 N–H and O–H groups in total. The summed E-state index contributed by atoms with van der Waals surface area (Å²) in [6, 6.07) is 14.7. The maximum Gasteiger partial charge on any atom is 0.255 e. The molecular weight excluding hydrogens is 278 g/mol. The summed E-state index contributed by atoms with van der Waals surface area (Å²) in [5, 5.41) is 3.48. The number of nitrogens with one attached hydrogen (secondary N) is 1. The number of hydrogen-bond acceptors (Lipinski definition) is 2. The molecule has 0 aliphatic heterocycles. The van der Waals surface area contributed by atoms with E-state index in [1.807, 2.05) is 24.3 Å².